The van der Waals surface area contributed by atoms with Crippen LogP contribution in [0.15, 0.2) is 41.3 Å². The van der Waals surface area contributed by atoms with Crippen molar-refractivity contribution in [3.63, 3.8) is 0 Å². The zero-order valence-corrected chi connectivity index (χ0v) is 18.0. The Morgan fingerprint density at radius 2 is 1.77 bits per heavy atom. The van der Waals surface area contributed by atoms with Crippen LogP contribution in [0.25, 0.3) is 0 Å². The second-order valence-electron chi connectivity index (χ2n) is 7.25. The quantitative estimate of drug-likeness (QED) is 0.766. The Kier molecular flexibility index (Phi) is 5.63. The van der Waals surface area contributed by atoms with Crippen LogP contribution in [0, 0.1) is 0 Å². The zero-order chi connectivity index (χ0) is 21.5. The molecule has 2 aromatic carbocycles. The maximum absolute atomic E-state index is 12.9. The Balaban J connectivity index is 1.49. The number of sulfonamides is 1. The first kappa shape index (κ1) is 20.9. The lowest BCUT2D eigenvalue weighted by molar-refractivity contribution is -0.0440. The van der Waals surface area contributed by atoms with Crippen LogP contribution < -0.4 is 14.8 Å². The first-order valence-corrected chi connectivity index (χ1v) is 11.2. The molecule has 160 valence electrons. The van der Waals surface area contributed by atoms with Crippen LogP contribution in [0.3, 0.4) is 0 Å². The second kappa shape index (κ2) is 8.07. The van der Waals surface area contributed by atoms with E-state index in [9.17, 15) is 13.2 Å². The number of anilines is 1. The topological polar surface area (TPSA) is 94.2 Å². The summed E-state index contributed by atoms with van der Waals surface area (Å²) in [5, 5.41) is 3.01. The summed E-state index contributed by atoms with van der Waals surface area (Å²) >= 11 is 6.12. The molecule has 2 aromatic rings. The van der Waals surface area contributed by atoms with Gasteiger partial charge in [0.2, 0.25) is 16.8 Å². The molecule has 0 aliphatic carbocycles. The molecule has 2 atom stereocenters. The zero-order valence-electron chi connectivity index (χ0n) is 16.4. The Morgan fingerprint density at radius 1 is 1.10 bits per heavy atom. The third-order valence-electron chi connectivity index (χ3n) is 4.83. The fourth-order valence-corrected chi connectivity index (χ4v) is 5.34. The Labute approximate surface area is 179 Å². The van der Waals surface area contributed by atoms with Crippen LogP contribution in [0.5, 0.6) is 11.5 Å². The summed E-state index contributed by atoms with van der Waals surface area (Å²) in [6.07, 6.45) is -0.341. The molecule has 30 heavy (non-hydrogen) atoms. The van der Waals surface area contributed by atoms with Gasteiger partial charge in [0.25, 0.3) is 5.91 Å². The van der Waals surface area contributed by atoms with E-state index in [1.54, 1.807) is 18.2 Å². The number of fused-ring (bicyclic) bond motifs is 1. The number of ether oxygens (including phenoxy) is 3. The van der Waals surface area contributed by atoms with Crippen molar-refractivity contribution in [3.05, 3.63) is 47.0 Å². The largest absolute Gasteiger partial charge is 0.454 e. The monoisotopic (exact) mass is 452 g/mol. The molecule has 1 saturated heterocycles. The number of amides is 1. The number of rotatable bonds is 4. The third kappa shape index (κ3) is 4.11. The summed E-state index contributed by atoms with van der Waals surface area (Å²) < 4.78 is 43.4. The number of halogens is 1. The predicted molar refractivity (Wildman–Crippen MR) is 111 cm³/mol. The summed E-state index contributed by atoms with van der Waals surface area (Å²) in [4.78, 5) is 12.7. The van der Waals surface area contributed by atoms with Gasteiger partial charge in [-0.3, -0.25) is 4.79 Å². The fraction of sp³-hybridized carbons (Fsp3) is 0.350. The number of hydrogen-bond acceptors (Lipinski definition) is 6. The molecule has 10 heteroatoms. The first-order valence-electron chi connectivity index (χ1n) is 9.40. The summed E-state index contributed by atoms with van der Waals surface area (Å²) in [5.41, 5.74) is 0.758. The second-order valence-corrected chi connectivity index (χ2v) is 9.59. The molecule has 1 N–H and O–H groups in total. The van der Waals surface area contributed by atoms with E-state index < -0.39 is 15.9 Å². The molecule has 2 unspecified atom stereocenters. The highest BCUT2D eigenvalue weighted by Crippen LogP contribution is 2.39. The van der Waals surface area contributed by atoms with Crippen molar-refractivity contribution in [2.75, 3.05) is 25.2 Å². The molecule has 4 rings (SSSR count). The minimum atomic E-state index is -3.64. The molecule has 8 nitrogen and oxygen atoms in total. The van der Waals surface area contributed by atoms with Crippen LogP contribution in [0.1, 0.15) is 24.2 Å². The lowest BCUT2D eigenvalue weighted by Gasteiger charge is -2.34. The molecular formula is C20H21ClN2O6S. The van der Waals surface area contributed by atoms with Gasteiger partial charge in [-0.25, -0.2) is 8.42 Å². The summed E-state index contributed by atoms with van der Waals surface area (Å²) in [6.45, 7) is 4.35. The Morgan fingerprint density at radius 3 is 2.43 bits per heavy atom. The highest BCUT2D eigenvalue weighted by Gasteiger charge is 2.32. The summed E-state index contributed by atoms with van der Waals surface area (Å²) in [7, 11) is -3.64. The number of carbonyl (C=O) groups excluding carboxylic acids is 1. The van der Waals surface area contributed by atoms with Gasteiger partial charge in [-0.1, -0.05) is 11.6 Å². The maximum atomic E-state index is 12.9. The number of nitrogens with zero attached hydrogens (tertiary/aromatic N) is 1. The van der Waals surface area contributed by atoms with E-state index in [4.69, 9.17) is 25.8 Å². The molecule has 1 amide bonds. The van der Waals surface area contributed by atoms with Crippen LogP contribution in [-0.4, -0.2) is 50.7 Å². The lowest BCUT2D eigenvalue weighted by atomic mass is 10.2. The lowest BCUT2D eigenvalue weighted by Crippen LogP contribution is -2.48. The van der Waals surface area contributed by atoms with E-state index in [1.165, 1.54) is 22.5 Å². The molecule has 2 aliphatic heterocycles. The minimum Gasteiger partial charge on any atom is -0.454 e. The first-order chi connectivity index (χ1) is 14.2. The van der Waals surface area contributed by atoms with Gasteiger partial charge in [0, 0.05) is 24.3 Å². The number of morpholine rings is 1. The van der Waals surface area contributed by atoms with E-state index in [1.807, 2.05) is 13.8 Å². The van der Waals surface area contributed by atoms with Crippen LogP contribution >= 0.6 is 11.6 Å². The van der Waals surface area contributed by atoms with E-state index in [-0.39, 0.29) is 28.9 Å². The predicted octanol–water partition coefficient (Wildman–Crippen LogP) is 3.12. The van der Waals surface area contributed by atoms with Gasteiger partial charge in [-0.05, 0) is 50.2 Å². The van der Waals surface area contributed by atoms with Crippen molar-refractivity contribution in [3.8, 4) is 11.5 Å². The van der Waals surface area contributed by atoms with Crippen molar-refractivity contribution in [2.24, 2.45) is 0 Å². The van der Waals surface area contributed by atoms with Crippen LogP contribution in [0.2, 0.25) is 5.02 Å². The fourth-order valence-electron chi connectivity index (χ4n) is 3.49. The van der Waals surface area contributed by atoms with Gasteiger partial charge in [-0.2, -0.15) is 4.31 Å². The number of hydrogen-bond donors (Lipinski definition) is 1. The molecule has 1 fully saturated rings. The van der Waals surface area contributed by atoms with E-state index in [0.717, 1.165) is 0 Å². The number of benzene rings is 2. The van der Waals surface area contributed by atoms with Crippen molar-refractivity contribution < 1.29 is 27.4 Å². The molecule has 0 saturated carbocycles. The van der Waals surface area contributed by atoms with E-state index in [0.29, 0.717) is 35.8 Å². The SMILES string of the molecule is CC1CN(S(=O)(=O)c2ccc(NC(=O)c3cc(Cl)c4c(c3)OCO4)cc2)CC(C)O1. The Bertz CT molecular complexity index is 1060. The van der Waals surface area contributed by atoms with Gasteiger partial charge in [0.05, 0.1) is 22.1 Å². The van der Waals surface area contributed by atoms with Gasteiger partial charge in [-0.15, -0.1) is 0 Å². The van der Waals surface area contributed by atoms with E-state index in [2.05, 4.69) is 5.32 Å². The highest BCUT2D eigenvalue weighted by atomic mass is 35.5. The molecular weight excluding hydrogens is 432 g/mol. The molecule has 0 radical (unpaired) electrons. The van der Waals surface area contributed by atoms with Crippen LogP contribution in [0.4, 0.5) is 5.69 Å². The van der Waals surface area contributed by atoms with Gasteiger partial charge in [0.15, 0.2) is 11.5 Å². The molecule has 0 aromatic heterocycles. The van der Waals surface area contributed by atoms with Gasteiger partial charge < -0.3 is 19.5 Å². The van der Waals surface area contributed by atoms with Crippen molar-refractivity contribution >= 4 is 33.2 Å². The molecule has 2 heterocycles. The summed E-state index contributed by atoms with van der Waals surface area (Å²) in [6, 6.07) is 9.08. The van der Waals surface area contributed by atoms with Gasteiger partial charge >= 0.3 is 0 Å². The average Bonchev–Trinajstić information content (AvgIpc) is 3.17. The van der Waals surface area contributed by atoms with Crippen molar-refractivity contribution in [1.82, 2.24) is 4.31 Å². The molecule has 0 spiro atoms. The highest BCUT2D eigenvalue weighted by molar-refractivity contribution is 7.89. The maximum Gasteiger partial charge on any atom is 0.255 e. The molecule has 2 aliphatic rings. The Hall–Kier alpha value is -2.33. The standard InChI is InChI=1S/C20H21ClN2O6S/c1-12-9-23(10-13(2)29-12)30(25,26)16-5-3-15(4-6-16)22-20(24)14-7-17(21)19-18(8-14)27-11-28-19/h3-8,12-13H,9-11H2,1-2H3,(H,22,24). The average molecular weight is 453 g/mol. The number of carbonyl (C=O) groups is 1. The molecule has 0 bridgehead atoms. The minimum absolute atomic E-state index is 0.0523. The van der Waals surface area contributed by atoms with Gasteiger partial charge in [0.1, 0.15) is 0 Å². The van der Waals surface area contributed by atoms with Crippen molar-refractivity contribution in [2.45, 2.75) is 31.0 Å². The van der Waals surface area contributed by atoms with E-state index >= 15 is 0 Å². The third-order valence-corrected chi connectivity index (χ3v) is 6.95. The number of nitrogens with one attached hydrogen (secondary N) is 1. The summed E-state index contributed by atoms with van der Waals surface area (Å²) in [5.74, 6) is 0.416. The smallest absolute Gasteiger partial charge is 0.255 e. The van der Waals surface area contributed by atoms with Crippen LogP contribution in [-0.2, 0) is 14.8 Å². The normalized spacial score (nSPS) is 21.4. The van der Waals surface area contributed by atoms with Crippen molar-refractivity contribution in [1.29, 1.82) is 0 Å².